The standard InChI is InChI=1S/C13H18N2O5/c1-8(5-10-3-2-4-20-10)14-13(19)15-7-9(16)6-11(15)12(17)18/h2-4,8-9,11,16H,5-7H2,1H3,(H,14,19)(H,17,18)/t8?,9?,11-/m0/s1. The van der Waals surface area contributed by atoms with Crippen LogP contribution in [0.4, 0.5) is 4.79 Å². The first-order valence-corrected chi connectivity index (χ1v) is 6.47. The van der Waals surface area contributed by atoms with E-state index in [9.17, 15) is 14.7 Å². The topological polar surface area (TPSA) is 103 Å². The van der Waals surface area contributed by atoms with Gasteiger partial charge in [-0.05, 0) is 19.1 Å². The molecule has 1 saturated heterocycles. The van der Waals surface area contributed by atoms with E-state index >= 15 is 0 Å². The second-order valence-electron chi connectivity index (χ2n) is 5.03. The number of rotatable bonds is 4. The molecule has 1 aromatic rings. The Labute approximate surface area is 116 Å². The minimum atomic E-state index is -1.10. The lowest BCUT2D eigenvalue weighted by molar-refractivity contribution is -0.141. The van der Waals surface area contributed by atoms with E-state index in [1.54, 1.807) is 12.3 Å². The highest BCUT2D eigenvalue weighted by Gasteiger charge is 2.39. The molecule has 0 aliphatic carbocycles. The van der Waals surface area contributed by atoms with E-state index in [4.69, 9.17) is 9.52 Å². The summed E-state index contributed by atoms with van der Waals surface area (Å²) in [7, 11) is 0. The van der Waals surface area contributed by atoms with Crippen molar-refractivity contribution in [3.63, 3.8) is 0 Å². The van der Waals surface area contributed by atoms with Crippen molar-refractivity contribution in [2.75, 3.05) is 6.54 Å². The third-order valence-corrected chi connectivity index (χ3v) is 3.28. The Balaban J connectivity index is 1.92. The van der Waals surface area contributed by atoms with Gasteiger partial charge in [-0.15, -0.1) is 0 Å². The number of amides is 2. The van der Waals surface area contributed by atoms with Crippen molar-refractivity contribution in [2.45, 2.75) is 38.0 Å². The number of carboxylic acids is 1. The molecule has 0 bridgehead atoms. The molecule has 0 aromatic carbocycles. The lowest BCUT2D eigenvalue weighted by atomic mass is 10.2. The van der Waals surface area contributed by atoms with Gasteiger partial charge in [-0.25, -0.2) is 9.59 Å². The van der Waals surface area contributed by atoms with Crippen molar-refractivity contribution in [1.82, 2.24) is 10.2 Å². The van der Waals surface area contributed by atoms with Gasteiger partial charge in [0, 0.05) is 25.4 Å². The number of nitrogens with one attached hydrogen (secondary N) is 1. The van der Waals surface area contributed by atoms with Gasteiger partial charge in [-0.2, -0.15) is 0 Å². The van der Waals surface area contributed by atoms with Crippen LogP contribution in [-0.4, -0.2) is 51.8 Å². The molecular formula is C13H18N2O5. The number of carbonyl (C=O) groups is 2. The maximum atomic E-state index is 12.1. The van der Waals surface area contributed by atoms with Crippen molar-refractivity contribution < 1.29 is 24.2 Å². The zero-order valence-corrected chi connectivity index (χ0v) is 11.2. The summed E-state index contributed by atoms with van der Waals surface area (Å²) in [6.07, 6.45) is 1.35. The van der Waals surface area contributed by atoms with Crippen LogP contribution in [0.15, 0.2) is 22.8 Å². The summed E-state index contributed by atoms with van der Waals surface area (Å²) < 4.78 is 5.19. The third kappa shape index (κ3) is 3.30. The number of hydrogen-bond acceptors (Lipinski definition) is 4. The van der Waals surface area contributed by atoms with Gasteiger partial charge in [0.05, 0.1) is 12.4 Å². The number of aliphatic hydroxyl groups excluding tert-OH is 1. The van der Waals surface area contributed by atoms with Crippen LogP contribution in [0.1, 0.15) is 19.1 Å². The zero-order valence-electron chi connectivity index (χ0n) is 11.2. The van der Waals surface area contributed by atoms with Crippen LogP contribution in [0.5, 0.6) is 0 Å². The second-order valence-corrected chi connectivity index (χ2v) is 5.03. The molecule has 0 spiro atoms. The number of aliphatic hydroxyl groups is 1. The third-order valence-electron chi connectivity index (χ3n) is 3.28. The SMILES string of the molecule is CC(Cc1ccco1)NC(=O)N1CC(O)C[C@H]1C(=O)O. The van der Waals surface area contributed by atoms with Crippen LogP contribution >= 0.6 is 0 Å². The monoisotopic (exact) mass is 282 g/mol. The first-order valence-electron chi connectivity index (χ1n) is 6.47. The normalized spacial score (nSPS) is 23.6. The number of β-amino-alcohol motifs (C(OH)–C–C–N with tert-alkyl or cyclic N) is 1. The molecule has 7 heteroatoms. The van der Waals surface area contributed by atoms with Gasteiger partial charge < -0.3 is 24.8 Å². The molecule has 110 valence electrons. The second kappa shape index (κ2) is 5.96. The van der Waals surface area contributed by atoms with E-state index in [1.807, 2.05) is 13.0 Å². The maximum absolute atomic E-state index is 12.1. The lowest BCUT2D eigenvalue weighted by Gasteiger charge is -2.23. The van der Waals surface area contributed by atoms with Gasteiger partial charge >= 0.3 is 12.0 Å². The number of aliphatic carboxylic acids is 1. The van der Waals surface area contributed by atoms with E-state index in [0.29, 0.717) is 6.42 Å². The zero-order chi connectivity index (χ0) is 14.7. The van der Waals surface area contributed by atoms with Crippen LogP contribution in [-0.2, 0) is 11.2 Å². The van der Waals surface area contributed by atoms with Crippen LogP contribution in [0.3, 0.4) is 0 Å². The van der Waals surface area contributed by atoms with Crippen LogP contribution in [0.2, 0.25) is 0 Å². The number of urea groups is 1. The van der Waals surface area contributed by atoms with Gasteiger partial charge in [0.2, 0.25) is 0 Å². The smallest absolute Gasteiger partial charge is 0.326 e. The average Bonchev–Trinajstić information content (AvgIpc) is 2.97. The van der Waals surface area contributed by atoms with Crippen molar-refractivity contribution in [2.24, 2.45) is 0 Å². The largest absolute Gasteiger partial charge is 0.480 e. The Hall–Kier alpha value is -2.02. The van der Waals surface area contributed by atoms with Crippen molar-refractivity contribution in [3.05, 3.63) is 24.2 Å². The predicted molar refractivity (Wildman–Crippen MR) is 69.2 cm³/mol. The van der Waals surface area contributed by atoms with Gasteiger partial charge in [0.25, 0.3) is 0 Å². The molecule has 2 rings (SSSR count). The molecule has 1 aliphatic heterocycles. The number of nitrogens with zero attached hydrogens (tertiary/aromatic N) is 1. The van der Waals surface area contributed by atoms with Gasteiger partial charge in [-0.1, -0.05) is 0 Å². The van der Waals surface area contributed by atoms with E-state index in [1.165, 1.54) is 0 Å². The molecular weight excluding hydrogens is 264 g/mol. The van der Waals surface area contributed by atoms with Crippen molar-refractivity contribution >= 4 is 12.0 Å². The first-order chi connectivity index (χ1) is 9.47. The quantitative estimate of drug-likeness (QED) is 0.743. The highest BCUT2D eigenvalue weighted by Crippen LogP contribution is 2.18. The van der Waals surface area contributed by atoms with Crippen LogP contribution in [0.25, 0.3) is 0 Å². The minimum Gasteiger partial charge on any atom is -0.480 e. The molecule has 3 atom stereocenters. The fraction of sp³-hybridized carbons (Fsp3) is 0.538. The number of furan rings is 1. The number of carboxylic acid groups (broad SMARTS) is 1. The van der Waals surface area contributed by atoms with Gasteiger partial charge in [0.15, 0.2) is 0 Å². The molecule has 1 aromatic heterocycles. The van der Waals surface area contributed by atoms with Crippen LogP contribution < -0.4 is 5.32 Å². The number of likely N-dealkylation sites (tertiary alicyclic amines) is 1. The highest BCUT2D eigenvalue weighted by molar-refractivity contribution is 5.83. The van der Waals surface area contributed by atoms with Crippen LogP contribution in [0, 0.1) is 0 Å². The van der Waals surface area contributed by atoms with E-state index in [-0.39, 0.29) is 19.0 Å². The summed E-state index contributed by atoms with van der Waals surface area (Å²) in [5, 5.41) is 21.3. The van der Waals surface area contributed by atoms with Gasteiger partial charge in [-0.3, -0.25) is 0 Å². The number of hydrogen-bond donors (Lipinski definition) is 3. The Morgan fingerprint density at radius 3 is 2.95 bits per heavy atom. The fourth-order valence-electron chi connectivity index (χ4n) is 2.35. The summed E-state index contributed by atoms with van der Waals surface area (Å²) in [6, 6.07) is 1.93. The van der Waals surface area contributed by atoms with E-state index in [2.05, 4.69) is 5.32 Å². The Morgan fingerprint density at radius 1 is 1.60 bits per heavy atom. The minimum absolute atomic E-state index is 0.0380. The molecule has 7 nitrogen and oxygen atoms in total. The Bertz CT molecular complexity index is 473. The van der Waals surface area contributed by atoms with E-state index in [0.717, 1.165) is 10.7 Å². The fourth-order valence-corrected chi connectivity index (χ4v) is 2.35. The molecule has 2 amide bonds. The summed E-state index contributed by atoms with van der Waals surface area (Å²) in [5.41, 5.74) is 0. The maximum Gasteiger partial charge on any atom is 0.326 e. The van der Waals surface area contributed by atoms with Gasteiger partial charge in [0.1, 0.15) is 11.8 Å². The summed E-state index contributed by atoms with van der Waals surface area (Å²) >= 11 is 0. The molecule has 0 radical (unpaired) electrons. The van der Waals surface area contributed by atoms with Crippen molar-refractivity contribution in [1.29, 1.82) is 0 Å². The lowest BCUT2D eigenvalue weighted by Crippen LogP contribution is -2.49. The molecule has 3 N–H and O–H groups in total. The molecule has 2 unspecified atom stereocenters. The highest BCUT2D eigenvalue weighted by atomic mass is 16.4. The van der Waals surface area contributed by atoms with Crippen molar-refractivity contribution in [3.8, 4) is 0 Å². The molecule has 20 heavy (non-hydrogen) atoms. The molecule has 1 aliphatic rings. The Kier molecular flexibility index (Phi) is 4.29. The summed E-state index contributed by atoms with van der Waals surface area (Å²) in [6.45, 7) is 1.85. The molecule has 2 heterocycles. The Morgan fingerprint density at radius 2 is 2.35 bits per heavy atom. The average molecular weight is 282 g/mol. The summed E-state index contributed by atoms with van der Waals surface area (Å²) in [4.78, 5) is 24.3. The number of carbonyl (C=O) groups excluding carboxylic acids is 1. The molecule has 0 saturated carbocycles. The predicted octanol–water partition coefficient (Wildman–Crippen LogP) is 0.440. The van der Waals surface area contributed by atoms with E-state index < -0.39 is 24.1 Å². The summed E-state index contributed by atoms with van der Waals surface area (Å²) in [5.74, 6) is -0.357. The molecule has 1 fully saturated rings. The first kappa shape index (κ1) is 14.4.